The third kappa shape index (κ3) is 5.08. The fraction of sp³-hybridized carbons (Fsp3) is 0.400. The average Bonchev–Trinajstić information content (AvgIpc) is 2.16. The molecule has 1 atom stereocenters. The van der Waals surface area contributed by atoms with Crippen LogP contribution in [-0.4, -0.2) is 25.2 Å². The van der Waals surface area contributed by atoms with Gasteiger partial charge in [0.05, 0.1) is 11.5 Å². The highest BCUT2D eigenvalue weighted by molar-refractivity contribution is 9.09. The highest BCUT2D eigenvalue weighted by atomic mass is 79.9. The molecule has 0 saturated carbocycles. The summed E-state index contributed by atoms with van der Waals surface area (Å²) in [4.78, 5) is -2.02. The van der Waals surface area contributed by atoms with Gasteiger partial charge in [-0.1, -0.05) is 46.3 Å². The number of hydrogen-bond acceptors (Lipinski definition) is 2. The van der Waals surface area contributed by atoms with Crippen LogP contribution in [0.5, 0.6) is 0 Å². The van der Waals surface area contributed by atoms with Crippen molar-refractivity contribution < 1.29 is 21.6 Å². The zero-order valence-corrected chi connectivity index (χ0v) is 11.0. The molecule has 0 aliphatic heterocycles. The lowest BCUT2D eigenvalue weighted by Crippen LogP contribution is -2.30. The summed E-state index contributed by atoms with van der Waals surface area (Å²) in [6, 6.07) is 8.11. The monoisotopic (exact) mass is 330 g/mol. The minimum absolute atomic E-state index is 0.383. The molecule has 0 bridgehead atoms. The van der Waals surface area contributed by atoms with E-state index >= 15 is 0 Å². The molecule has 0 fully saturated rings. The van der Waals surface area contributed by atoms with Crippen molar-refractivity contribution in [2.24, 2.45) is 0 Å². The Balaban J connectivity index is 2.71. The average molecular weight is 331 g/mol. The first-order chi connectivity index (χ1) is 7.71. The summed E-state index contributed by atoms with van der Waals surface area (Å²) >= 11 is 2.34. The molecule has 1 aromatic carbocycles. The van der Waals surface area contributed by atoms with Crippen molar-refractivity contribution in [3.8, 4) is 0 Å². The Morgan fingerprint density at radius 2 is 1.71 bits per heavy atom. The summed E-state index contributed by atoms with van der Waals surface area (Å²) in [5.74, 6) is -1.34. The molecule has 0 amide bonds. The van der Waals surface area contributed by atoms with E-state index in [0.717, 1.165) is 0 Å². The van der Waals surface area contributed by atoms with Gasteiger partial charge in [0.2, 0.25) is 0 Å². The fourth-order valence-electron chi connectivity index (χ4n) is 1.20. The van der Waals surface area contributed by atoms with Gasteiger partial charge in [-0.05, 0) is 5.56 Å². The summed E-state index contributed by atoms with van der Waals surface area (Å²) in [5, 5.41) is 0. The zero-order chi connectivity index (χ0) is 13.1. The molecule has 0 aliphatic carbocycles. The van der Waals surface area contributed by atoms with Gasteiger partial charge in [0.1, 0.15) is 4.83 Å². The molecular weight excluding hydrogens is 321 g/mol. The van der Waals surface area contributed by atoms with Crippen LogP contribution in [0.2, 0.25) is 0 Å². The molecule has 0 radical (unpaired) electrons. The van der Waals surface area contributed by atoms with Crippen molar-refractivity contribution in [2.75, 3.05) is 5.75 Å². The summed E-state index contributed by atoms with van der Waals surface area (Å²) in [5.41, 5.74) is 0.481. The molecule has 2 nitrogen and oxygen atoms in total. The molecule has 17 heavy (non-hydrogen) atoms. The fourth-order valence-corrected chi connectivity index (χ4v) is 3.87. The van der Waals surface area contributed by atoms with E-state index < -0.39 is 26.6 Å². The molecule has 1 rings (SSSR count). The van der Waals surface area contributed by atoms with Gasteiger partial charge in [-0.3, -0.25) is 0 Å². The molecule has 1 aromatic rings. The molecule has 0 N–H and O–H groups in total. The first-order valence-electron chi connectivity index (χ1n) is 4.66. The SMILES string of the molecule is O=S(=O)(Cc1ccccc1)CC(Br)C(F)(F)F. The van der Waals surface area contributed by atoms with Crippen molar-refractivity contribution in [1.29, 1.82) is 0 Å². The second-order valence-corrected chi connectivity index (χ2v) is 6.76. The molecule has 1 unspecified atom stereocenters. The standard InChI is InChI=1S/C10H10BrF3O2S/c11-9(10(12,13)14)7-17(15,16)6-8-4-2-1-3-5-8/h1-5,9H,6-7H2. The van der Waals surface area contributed by atoms with E-state index in [1.165, 1.54) is 0 Å². The third-order valence-corrected chi connectivity index (χ3v) is 4.87. The lowest BCUT2D eigenvalue weighted by Gasteiger charge is -2.13. The highest BCUT2D eigenvalue weighted by Gasteiger charge is 2.40. The van der Waals surface area contributed by atoms with Gasteiger partial charge < -0.3 is 0 Å². The second-order valence-electron chi connectivity index (χ2n) is 3.55. The summed E-state index contributed by atoms with van der Waals surface area (Å²) in [6.07, 6.45) is -4.55. The predicted octanol–water partition coefficient (Wildman–Crippen LogP) is 2.93. The number of alkyl halides is 4. The predicted molar refractivity (Wildman–Crippen MR) is 62.7 cm³/mol. The Hall–Kier alpha value is -0.560. The summed E-state index contributed by atoms with van der Waals surface area (Å²) < 4.78 is 59.7. The Bertz CT molecular complexity index is 456. The molecule has 0 saturated heterocycles. The van der Waals surface area contributed by atoms with Crippen molar-refractivity contribution >= 4 is 25.8 Å². The van der Waals surface area contributed by atoms with Gasteiger partial charge >= 0.3 is 6.18 Å². The van der Waals surface area contributed by atoms with Crippen LogP contribution in [0.25, 0.3) is 0 Å². The number of sulfone groups is 1. The molecular formula is C10H10BrF3O2S. The summed E-state index contributed by atoms with van der Waals surface area (Å²) in [6.45, 7) is 0. The highest BCUT2D eigenvalue weighted by Crippen LogP contribution is 2.28. The van der Waals surface area contributed by atoms with Crippen molar-refractivity contribution in [1.82, 2.24) is 0 Å². The quantitative estimate of drug-likeness (QED) is 0.795. The van der Waals surface area contributed by atoms with Gasteiger partial charge in [-0.15, -0.1) is 0 Å². The zero-order valence-electron chi connectivity index (χ0n) is 8.61. The van der Waals surface area contributed by atoms with Gasteiger partial charge in [0.15, 0.2) is 9.84 Å². The van der Waals surface area contributed by atoms with E-state index in [-0.39, 0.29) is 5.75 Å². The first kappa shape index (κ1) is 14.5. The Kier molecular flexibility index (Phi) is 4.60. The van der Waals surface area contributed by atoms with Crippen molar-refractivity contribution in [3.63, 3.8) is 0 Å². The van der Waals surface area contributed by atoms with Crippen LogP contribution in [0.3, 0.4) is 0 Å². The Morgan fingerprint density at radius 1 is 1.18 bits per heavy atom. The number of halogens is 4. The number of benzene rings is 1. The number of rotatable bonds is 4. The smallest absolute Gasteiger partial charge is 0.228 e. The van der Waals surface area contributed by atoms with Crippen LogP contribution in [0.15, 0.2) is 30.3 Å². The molecule has 96 valence electrons. The maximum Gasteiger partial charge on any atom is 0.402 e. The maximum absolute atomic E-state index is 12.2. The normalized spacial score (nSPS) is 14.6. The minimum Gasteiger partial charge on any atom is -0.228 e. The van der Waals surface area contributed by atoms with E-state index in [0.29, 0.717) is 5.56 Å². The Labute approximate surface area is 106 Å². The summed E-state index contributed by atoms with van der Waals surface area (Å²) in [7, 11) is -3.78. The van der Waals surface area contributed by atoms with Gasteiger partial charge in [0.25, 0.3) is 0 Å². The van der Waals surface area contributed by atoms with Crippen LogP contribution in [-0.2, 0) is 15.6 Å². The minimum atomic E-state index is -4.55. The Morgan fingerprint density at radius 3 is 2.18 bits per heavy atom. The van der Waals surface area contributed by atoms with Gasteiger partial charge in [0, 0.05) is 0 Å². The third-order valence-electron chi connectivity index (χ3n) is 1.98. The lowest BCUT2D eigenvalue weighted by molar-refractivity contribution is -0.123. The van der Waals surface area contributed by atoms with Crippen LogP contribution >= 0.6 is 15.9 Å². The van der Waals surface area contributed by atoms with Crippen LogP contribution < -0.4 is 0 Å². The van der Waals surface area contributed by atoms with Crippen LogP contribution in [0.4, 0.5) is 13.2 Å². The topological polar surface area (TPSA) is 34.1 Å². The molecule has 0 aliphatic rings. The van der Waals surface area contributed by atoms with E-state index in [1.54, 1.807) is 30.3 Å². The van der Waals surface area contributed by atoms with E-state index in [9.17, 15) is 21.6 Å². The maximum atomic E-state index is 12.2. The van der Waals surface area contributed by atoms with Gasteiger partial charge in [-0.2, -0.15) is 13.2 Å². The molecule has 7 heteroatoms. The van der Waals surface area contributed by atoms with E-state index in [4.69, 9.17) is 0 Å². The second kappa shape index (κ2) is 5.39. The largest absolute Gasteiger partial charge is 0.402 e. The number of hydrogen-bond donors (Lipinski definition) is 0. The lowest BCUT2D eigenvalue weighted by atomic mass is 10.2. The molecule has 0 heterocycles. The van der Waals surface area contributed by atoms with E-state index in [2.05, 4.69) is 15.9 Å². The molecule has 0 aromatic heterocycles. The van der Waals surface area contributed by atoms with Crippen LogP contribution in [0, 0.1) is 0 Å². The van der Waals surface area contributed by atoms with Gasteiger partial charge in [-0.25, -0.2) is 8.42 Å². The molecule has 0 spiro atoms. The van der Waals surface area contributed by atoms with E-state index in [1.807, 2.05) is 0 Å². The first-order valence-corrected chi connectivity index (χ1v) is 7.39. The van der Waals surface area contributed by atoms with Crippen LogP contribution in [0.1, 0.15) is 5.56 Å². The van der Waals surface area contributed by atoms with Crippen molar-refractivity contribution in [2.45, 2.75) is 16.8 Å². The van der Waals surface area contributed by atoms with Crippen molar-refractivity contribution in [3.05, 3.63) is 35.9 Å².